The molecule has 0 fully saturated rings. The van der Waals surface area contributed by atoms with Gasteiger partial charge in [0.15, 0.2) is 0 Å². The topological polar surface area (TPSA) is 9.23 Å². The Labute approximate surface area is 210 Å². The highest BCUT2D eigenvalue weighted by Gasteiger charge is 2.44. The summed E-state index contributed by atoms with van der Waals surface area (Å²) in [7, 11) is -1.72. The van der Waals surface area contributed by atoms with Crippen LogP contribution in [0.5, 0.6) is 0 Å². The molecule has 0 aromatic heterocycles. The first kappa shape index (κ1) is 24.6. The number of unbranched alkanes of at least 4 members (excludes halogenated alkanes) is 1. The minimum absolute atomic E-state index is 0. The third-order valence-electron chi connectivity index (χ3n) is 5.73. The molecule has 32 heavy (non-hydrogen) atoms. The van der Waals surface area contributed by atoms with Gasteiger partial charge >= 0.3 is 0 Å². The van der Waals surface area contributed by atoms with Gasteiger partial charge in [-0.15, -0.1) is 0 Å². The first-order valence-electron chi connectivity index (χ1n) is 11.1. The Morgan fingerprint density at radius 1 is 0.500 bits per heavy atom. The van der Waals surface area contributed by atoms with Gasteiger partial charge in [0.1, 0.15) is 23.2 Å². The summed E-state index contributed by atoms with van der Waals surface area (Å²) in [5.41, 5.74) is 1.24. The van der Waals surface area contributed by atoms with Crippen LogP contribution >= 0.6 is 7.26 Å². The number of hydrogen-bond acceptors (Lipinski definition) is 1. The second-order valence-corrected chi connectivity index (χ2v) is 11.4. The molecule has 1 nitrogen and oxygen atoms in total. The highest BCUT2D eigenvalue weighted by molar-refractivity contribution is 7.95. The minimum Gasteiger partial charge on any atom is -1.00 e. The Kier molecular flexibility index (Phi) is 9.92. The molecular formula is C29H30IOP. The van der Waals surface area contributed by atoms with Gasteiger partial charge in [0.05, 0.1) is 12.8 Å². The molecule has 0 unspecified atom stereocenters. The second-order valence-electron chi connectivity index (χ2n) is 7.79. The quantitative estimate of drug-likeness (QED) is 0.167. The smallest absolute Gasteiger partial charge is 0.112 e. The predicted molar refractivity (Wildman–Crippen MR) is 135 cm³/mol. The fourth-order valence-corrected chi connectivity index (χ4v) is 8.61. The lowest BCUT2D eigenvalue weighted by molar-refractivity contribution is -0.00000662. The predicted octanol–water partition coefficient (Wildman–Crippen LogP) is 2.98. The number of benzene rings is 4. The van der Waals surface area contributed by atoms with Crippen molar-refractivity contribution in [3.05, 3.63) is 127 Å². The van der Waals surface area contributed by atoms with Gasteiger partial charge < -0.3 is 28.7 Å². The van der Waals surface area contributed by atoms with Crippen molar-refractivity contribution in [2.45, 2.75) is 19.4 Å². The van der Waals surface area contributed by atoms with Gasteiger partial charge in [0.25, 0.3) is 0 Å². The Morgan fingerprint density at radius 3 is 1.34 bits per heavy atom. The van der Waals surface area contributed by atoms with E-state index in [-0.39, 0.29) is 24.0 Å². The highest BCUT2D eigenvalue weighted by Crippen LogP contribution is 2.55. The summed E-state index contributed by atoms with van der Waals surface area (Å²) in [6, 6.07) is 43.8. The third-order valence-corrected chi connectivity index (χ3v) is 10.3. The summed E-state index contributed by atoms with van der Waals surface area (Å²) < 4.78 is 5.96. The van der Waals surface area contributed by atoms with Crippen LogP contribution < -0.4 is 39.9 Å². The molecule has 0 radical (unpaired) electrons. The molecule has 0 N–H and O–H groups in total. The summed E-state index contributed by atoms with van der Waals surface area (Å²) in [4.78, 5) is 0. The molecule has 0 aliphatic heterocycles. The van der Waals surface area contributed by atoms with Crippen LogP contribution in [0, 0.1) is 0 Å². The van der Waals surface area contributed by atoms with E-state index >= 15 is 0 Å². The second kappa shape index (κ2) is 12.9. The minimum atomic E-state index is -1.72. The van der Waals surface area contributed by atoms with Crippen molar-refractivity contribution in [3.8, 4) is 0 Å². The van der Waals surface area contributed by atoms with Crippen molar-refractivity contribution >= 4 is 23.2 Å². The van der Waals surface area contributed by atoms with Gasteiger partial charge in [-0.1, -0.05) is 84.9 Å². The molecule has 4 aromatic carbocycles. The maximum Gasteiger partial charge on any atom is 0.112 e. The van der Waals surface area contributed by atoms with E-state index in [1.54, 1.807) is 0 Å². The largest absolute Gasteiger partial charge is 1.00 e. The zero-order valence-corrected chi connectivity index (χ0v) is 21.4. The lowest BCUT2D eigenvalue weighted by Gasteiger charge is -2.27. The molecule has 4 rings (SSSR count). The number of rotatable bonds is 10. The first-order valence-corrected chi connectivity index (χ1v) is 13.0. The van der Waals surface area contributed by atoms with Gasteiger partial charge in [-0.25, -0.2) is 0 Å². The maximum absolute atomic E-state index is 5.96. The summed E-state index contributed by atoms with van der Waals surface area (Å²) in [6.07, 6.45) is 3.36. The molecule has 0 atom stereocenters. The van der Waals surface area contributed by atoms with Crippen molar-refractivity contribution in [2.24, 2.45) is 0 Å². The van der Waals surface area contributed by atoms with E-state index in [0.717, 1.165) is 25.6 Å². The fraction of sp³-hybridized carbons (Fsp3) is 0.172. The monoisotopic (exact) mass is 552 g/mol. The van der Waals surface area contributed by atoms with E-state index in [9.17, 15) is 0 Å². The van der Waals surface area contributed by atoms with Crippen LogP contribution in [0.15, 0.2) is 121 Å². The van der Waals surface area contributed by atoms with Gasteiger partial charge in [-0.2, -0.15) is 0 Å². The summed E-state index contributed by atoms with van der Waals surface area (Å²) in [5, 5.41) is 4.37. The standard InChI is InChI=1S/C29H30OP.HI/c1-5-15-26(16-6-1)25-30-23-13-14-24-31(27-17-7-2-8-18-27,28-19-9-3-10-20-28)29-21-11-4-12-22-29;/h1-12,15-22H,13-14,23-25H2;1H/q+1;/p-1. The van der Waals surface area contributed by atoms with Crippen LogP contribution in [-0.4, -0.2) is 12.8 Å². The van der Waals surface area contributed by atoms with Crippen LogP contribution in [0.1, 0.15) is 18.4 Å². The lowest BCUT2D eigenvalue weighted by Crippen LogP contribution is -3.00. The van der Waals surface area contributed by atoms with Crippen molar-refractivity contribution in [2.75, 3.05) is 12.8 Å². The lowest BCUT2D eigenvalue weighted by atomic mass is 10.2. The first-order chi connectivity index (χ1) is 15.4. The molecule has 0 heterocycles. The van der Waals surface area contributed by atoms with Crippen LogP contribution in [0.4, 0.5) is 0 Å². The normalized spacial score (nSPS) is 11.0. The van der Waals surface area contributed by atoms with Gasteiger partial charge in [-0.05, 0) is 54.8 Å². The highest BCUT2D eigenvalue weighted by atomic mass is 127. The number of hydrogen-bond donors (Lipinski definition) is 0. The zero-order chi connectivity index (χ0) is 21.2. The molecule has 0 amide bonds. The van der Waals surface area contributed by atoms with Gasteiger partial charge in [0.2, 0.25) is 0 Å². The molecule has 0 aliphatic carbocycles. The molecule has 0 saturated carbocycles. The van der Waals surface area contributed by atoms with Crippen LogP contribution in [-0.2, 0) is 11.3 Å². The SMILES string of the molecule is [I-].c1ccc(COCCCC[P+](c2ccccc2)(c2ccccc2)c2ccccc2)cc1. The molecular weight excluding hydrogens is 522 g/mol. The van der Waals surface area contributed by atoms with E-state index in [4.69, 9.17) is 4.74 Å². The van der Waals surface area contributed by atoms with Crippen LogP contribution in [0.2, 0.25) is 0 Å². The Balaban J connectivity index is 0.00000289. The summed E-state index contributed by atoms with van der Waals surface area (Å²) in [5.74, 6) is 0. The number of ether oxygens (including phenoxy) is 1. The Hall–Kier alpha value is -2.00. The molecule has 0 bridgehead atoms. The summed E-state index contributed by atoms with van der Waals surface area (Å²) >= 11 is 0. The van der Waals surface area contributed by atoms with E-state index < -0.39 is 7.26 Å². The molecule has 164 valence electrons. The van der Waals surface area contributed by atoms with E-state index in [1.807, 2.05) is 6.07 Å². The summed E-state index contributed by atoms with van der Waals surface area (Å²) in [6.45, 7) is 1.49. The Bertz CT molecular complexity index is 927. The Morgan fingerprint density at radius 2 is 0.906 bits per heavy atom. The fourth-order valence-electron chi connectivity index (χ4n) is 4.20. The van der Waals surface area contributed by atoms with Gasteiger partial charge in [-0.3, -0.25) is 0 Å². The third kappa shape index (κ3) is 6.07. The van der Waals surface area contributed by atoms with Crippen molar-refractivity contribution in [1.82, 2.24) is 0 Å². The molecule has 0 spiro atoms. The molecule has 0 saturated heterocycles. The van der Waals surface area contributed by atoms with Crippen LogP contribution in [0.25, 0.3) is 0 Å². The molecule has 4 aromatic rings. The van der Waals surface area contributed by atoms with E-state index in [2.05, 4.69) is 115 Å². The van der Waals surface area contributed by atoms with Crippen LogP contribution in [0.3, 0.4) is 0 Å². The average Bonchev–Trinajstić information content (AvgIpc) is 2.86. The zero-order valence-electron chi connectivity index (χ0n) is 18.3. The maximum atomic E-state index is 5.96. The molecule has 3 heteroatoms. The van der Waals surface area contributed by atoms with E-state index in [1.165, 1.54) is 21.5 Å². The van der Waals surface area contributed by atoms with Crippen molar-refractivity contribution in [1.29, 1.82) is 0 Å². The van der Waals surface area contributed by atoms with Crippen molar-refractivity contribution in [3.63, 3.8) is 0 Å². The van der Waals surface area contributed by atoms with Crippen molar-refractivity contribution < 1.29 is 28.7 Å². The molecule has 0 aliphatic rings. The van der Waals surface area contributed by atoms with E-state index in [0.29, 0.717) is 6.61 Å². The van der Waals surface area contributed by atoms with Gasteiger partial charge in [0, 0.05) is 6.61 Å². The average molecular weight is 552 g/mol. The number of halogens is 1.